The first-order valence-electron chi connectivity index (χ1n) is 8.07. The topological polar surface area (TPSA) is 55.6 Å². The smallest absolute Gasteiger partial charge is 0.243 e. The summed E-state index contributed by atoms with van der Waals surface area (Å²) in [7, 11) is 1.87. The van der Waals surface area contributed by atoms with Crippen LogP contribution in [0.5, 0.6) is 0 Å². The molecule has 0 spiro atoms. The van der Waals surface area contributed by atoms with Crippen LogP contribution in [0.3, 0.4) is 0 Å². The summed E-state index contributed by atoms with van der Waals surface area (Å²) in [6.45, 7) is 5.66. The number of nitrogens with two attached hydrogens (primary N) is 1. The van der Waals surface area contributed by atoms with Gasteiger partial charge in [0.15, 0.2) is 0 Å². The van der Waals surface area contributed by atoms with Gasteiger partial charge in [-0.3, -0.25) is 4.79 Å². The number of carbonyl (C=O) groups is 1. The average molecular weight is 359 g/mol. The Morgan fingerprint density at radius 1 is 1.52 bits per heavy atom. The monoisotopic (exact) mass is 358 g/mol. The number of likely N-dealkylation sites (N-methyl/N-ethyl adjacent to an activating group) is 1. The van der Waals surface area contributed by atoms with Gasteiger partial charge in [0.25, 0.3) is 0 Å². The molecule has 2 heterocycles. The van der Waals surface area contributed by atoms with Crippen LogP contribution in [0, 0.1) is 11.3 Å². The molecule has 1 aromatic rings. The molecule has 3 atom stereocenters. The van der Waals surface area contributed by atoms with E-state index in [2.05, 4.69) is 25.3 Å². The van der Waals surface area contributed by atoms with Gasteiger partial charge in [0.1, 0.15) is 5.54 Å². The molecule has 1 aromatic heterocycles. The molecule has 3 unspecified atom stereocenters. The number of ether oxygens (including phenoxy) is 1. The van der Waals surface area contributed by atoms with Crippen molar-refractivity contribution < 1.29 is 9.53 Å². The molecule has 1 aliphatic carbocycles. The van der Waals surface area contributed by atoms with E-state index in [0.717, 1.165) is 25.9 Å². The minimum Gasteiger partial charge on any atom is -0.377 e. The number of nitrogens with zero attached hydrogens (tertiary/aromatic N) is 1. The Bertz CT molecular complexity index is 549. The Kier molecular flexibility index (Phi) is 5.46. The summed E-state index contributed by atoms with van der Waals surface area (Å²) in [6, 6.07) is 4.16. The molecule has 23 heavy (non-hydrogen) atoms. The minimum absolute atomic E-state index is 0. The standard InChI is InChI=1S/C17H26N2O2S.ClH/c1-16(2)14-13(7-4-10-21-14)17(16,18)15(20)19(3)9-8-12-6-5-11-22-12;/h5-6,11,13-14H,4,7-10,18H2,1-3H3;1H. The van der Waals surface area contributed by atoms with Crippen LogP contribution in [0.25, 0.3) is 0 Å². The van der Waals surface area contributed by atoms with Crippen LogP contribution in [-0.4, -0.2) is 42.6 Å². The van der Waals surface area contributed by atoms with E-state index in [4.69, 9.17) is 10.5 Å². The molecule has 6 heteroatoms. The summed E-state index contributed by atoms with van der Waals surface area (Å²) < 4.78 is 5.89. The third kappa shape index (κ3) is 2.82. The molecule has 0 radical (unpaired) electrons. The van der Waals surface area contributed by atoms with E-state index in [1.165, 1.54) is 4.88 Å². The average Bonchev–Trinajstić information content (AvgIpc) is 3.04. The van der Waals surface area contributed by atoms with Crippen molar-refractivity contribution in [1.29, 1.82) is 0 Å². The molecule has 130 valence electrons. The molecule has 1 amide bonds. The van der Waals surface area contributed by atoms with Crippen LogP contribution in [0.15, 0.2) is 17.5 Å². The maximum atomic E-state index is 13.0. The highest BCUT2D eigenvalue weighted by molar-refractivity contribution is 7.09. The third-order valence-electron chi connectivity index (χ3n) is 5.66. The lowest BCUT2D eigenvalue weighted by molar-refractivity contribution is -0.229. The molecule has 0 bridgehead atoms. The van der Waals surface area contributed by atoms with Crippen molar-refractivity contribution in [2.45, 2.75) is 44.8 Å². The summed E-state index contributed by atoms with van der Waals surface area (Å²) >= 11 is 1.73. The van der Waals surface area contributed by atoms with Crippen LogP contribution >= 0.6 is 23.7 Å². The van der Waals surface area contributed by atoms with Crippen molar-refractivity contribution in [3.63, 3.8) is 0 Å². The predicted octanol–water partition coefficient (Wildman–Crippen LogP) is 2.70. The molecular formula is C17H27ClN2O2S. The minimum atomic E-state index is -0.789. The van der Waals surface area contributed by atoms with Crippen molar-refractivity contribution >= 4 is 29.7 Å². The van der Waals surface area contributed by atoms with Crippen molar-refractivity contribution in [2.24, 2.45) is 17.1 Å². The van der Waals surface area contributed by atoms with Gasteiger partial charge in [-0.15, -0.1) is 23.7 Å². The molecule has 3 rings (SSSR count). The molecule has 1 aliphatic heterocycles. The van der Waals surface area contributed by atoms with Gasteiger partial charge in [0.05, 0.1) is 6.10 Å². The highest BCUT2D eigenvalue weighted by Gasteiger charge is 2.70. The Hall–Kier alpha value is -0.620. The Morgan fingerprint density at radius 3 is 2.91 bits per heavy atom. The van der Waals surface area contributed by atoms with Gasteiger partial charge in [-0.2, -0.15) is 0 Å². The summed E-state index contributed by atoms with van der Waals surface area (Å²) in [5, 5.41) is 2.07. The first kappa shape index (κ1) is 18.7. The summed E-state index contributed by atoms with van der Waals surface area (Å²) in [6.07, 6.45) is 3.01. The lowest BCUT2D eigenvalue weighted by Crippen LogP contribution is -2.82. The van der Waals surface area contributed by atoms with E-state index in [0.29, 0.717) is 6.54 Å². The maximum absolute atomic E-state index is 13.0. The van der Waals surface area contributed by atoms with E-state index in [-0.39, 0.29) is 35.8 Å². The zero-order chi connectivity index (χ0) is 16.0. The van der Waals surface area contributed by atoms with Crippen LogP contribution in [0.1, 0.15) is 31.6 Å². The number of rotatable bonds is 4. The van der Waals surface area contributed by atoms with Crippen LogP contribution < -0.4 is 5.73 Å². The summed E-state index contributed by atoms with van der Waals surface area (Å²) in [5.74, 6) is 0.230. The van der Waals surface area contributed by atoms with Crippen LogP contribution in [0.4, 0.5) is 0 Å². The normalized spacial score (nSPS) is 31.5. The van der Waals surface area contributed by atoms with Crippen LogP contribution in [-0.2, 0) is 16.0 Å². The largest absolute Gasteiger partial charge is 0.377 e. The second-order valence-corrected chi connectivity index (χ2v) is 8.22. The van der Waals surface area contributed by atoms with Crippen molar-refractivity contribution in [2.75, 3.05) is 20.2 Å². The van der Waals surface area contributed by atoms with E-state index in [1.807, 2.05) is 18.0 Å². The quantitative estimate of drug-likeness (QED) is 0.900. The SMILES string of the molecule is CN(CCc1cccs1)C(=O)C1(N)C2CCCOC2C1(C)C.Cl. The van der Waals surface area contributed by atoms with Gasteiger partial charge in [-0.1, -0.05) is 19.9 Å². The number of fused-ring (bicyclic) bond motifs is 1. The predicted molar refractivity (Wildman–Crippen MR) is 96.1 cm³/mol. The van der Waals surface area contributed by atoms with E-state index in [9.17, 15) is 4.79 Å². The molecule has 1 saturated heterocycles. The van der Waals surface area contributed by atoms with E-state index >= 15 is 0 Å². The zero-order valence-corrected chi connectivity index (χ0v) is 15.7. The van der Waals surface area contributed by atoms with Gasteiger partial charge in [-0.25, -0.2) is 0 Å². The highest BCUT2D eigenvalue weighted by atomic mass is 35.5. The molecule has 1 saturated carbocycles. The van der Waals surface area contributed by atoms with E-state index < -0.39 is 5.54 Å². The molecule has 2 fully saturated rings. The number of hydrogen-bond acceptors (Lipinski definition) is 4. The second kappa shape index (κ2) is 6.71. The van der Waals surface area contributed by atoms with Gasteiger partial charge in [0, 0.05) is 36.4 Å². The fourth-order valence-electron chi connectivity index (χ4n) is 4.16. The molecule has 2 aliphatic rings. The number of hydrogen-bond donors (Lipinski definition) is 1. The first-order chi connectivity index (χ1) is 10.4. The van der Waals surface area contributed by atoms with Crippen molar-refractivity contribution in [3.05, 3.63) is 22.4 Å². The van der Waals surface area contributed by atoms with E-state index in [1.54, 1.807) is 11.3 Å². The van der Waals surface area contributed by atoms with Crippen molar-refractivity contribution in [1.82, 2.24) is 4.90 Å². The van der Waals surface area contributed by atoms with Gasteiger partial charge in [-0.05, 0) is 30.7 Å². The highest BCUT2D eigenvalue weighted by Crippen LogP contribution is 2.57. The Labute approximate surface area is 148 Å². The molecular weight excluding hydrogens is 332 g/mol. The Morgan fingerprint density at radius 2 is 2.26 bits per heavy atom. The van der Waals surface area contributed by atoms with Crippen molar-refractivity contribution in [3.8, 4) is 0 Å². The van der Waals surface area contributed by atoms with Gasteiger partial charge >= 0.3 is 0 Å². The van der Waals surface area contributed by atoms with Gasteiger partial charge in [0.2, 0.25) is 5.91 Å². The molecule has 2 N–H and O–H groups in total. The lowest BCUT2D eigenvalue weighted by atomic mass is 9.46. The fourth-order valence-corrected chi connectivity index (χ4v) is 4.86. The maximum Gasteiger partial charge on any atom is 0.243 e. The number of halogens is 1. The number of carbonyl (C=O) groups excluding carboxylic acids is 1. The first-order valence-corrected chi connectivity index (χ1v) is 8.95. The number of thiophene rings is 1. The third-order valence-corrected chi connectivity index (χ3v) is 6.60. The molecule has 0 aromatic carbocycles. The van der Waals surface area contributed by atoms with Gasteiger partial charge < -0.3 is 15.4 Å². The fraction of sp³-hybridized carbons (Fsp3) is 0.706. The van der Waals surface area contributed by atoms with Crippen LogP contribution in [0.2, 0.25) is 0 Å². The molecule has 4 nitrogen and oxygen atoms in total. The zero-order valence-electron chi connectivity index (χ0n) is 14.1. The lowest BCUT2D eigenvalue weighted by Gasteiger charge is -2.65. The summed E-state index contributed by atoms with van der Waals surface area (Å²) in [4.78, 5) is 16.1. The second-order valence-electron chi connectivity index (χ2n) is 7.19. The number of amides is 1. The Balaban J connectivity index is 0.00000192. The summed E-state index contributed by atoms with van der Waals surface area (Å²) in [5.41, 5.74) is 5.57.